The lowest BCUT2D eigenvalue weighted by atomic mass is 9.92. The van der Waals surface area contributed by atoms with Crippen LogP contribution in [0.4, 0.5) is 0 Å². The van der Waals surface area contributed by atoms with E-state index in [2.05, 4.69) is 0 Å². The second kappa shape index (κ2) is 5.00. The average molecular weight is 276 g/mol. The van der Waals surface area contributed by atoms with E-state index in [9.17, 15) is 4.79 Å². The molecule has 1 aromatic rings. The average Bonchev–Trinajstić information content (AvgIpc) is 3.13. The van der Waals surface area contributed by atoms with Gasteiger partial charge in [0.15, 0.2) is 11.5 Å². The third-order valence-corrected chi connectivity index (χ3v) is 4.46. The van der Waals surface area contributed by atoms with Crippen molar-refractivity contribution in [3.8, 4) is 11.5 Å². The molecule has 0 amide bonds. The van der Waals surface area contributed by atoms with Gasteiger partial charge in [-0.1, -0.05) is 6.07 Å². The number of benzene rings is 1. The highest BCUT2D eigenvalue weighted by atomic mass is 16.5. The zero-order valence-electron chi connectivity index (χ0n) is 11.7. The fourth-order valence-corrected chi connectivity index (χ4v) is 2.77. The number of rotatable bonds is 6. The molecule has 0 radical (unpaired) electrons. The monoisotopic (exact) mass is 276 g/mol. The molecule has 1 N–H and O–H groups in total. The quantitative estimate of drug-likeness (QED) is 0.867. The van der Waals surface area contributed by atoms with Crippen LogP contribution in [0, 0.1) is 0 Å². The van der Waals surface area contributed by atoms with Crippen molar-refractivity contribution in [3.05, 3.63) is 23.8 Å². The molecule has 0 aromatic heterocycles. The third kappa shape index (κ3) is 2.47. The van der Waals surface area contributed by atoms with Crippen molar-refractivity contribution >= 4 is 5.97 Å². The van der Waals surface area contributed by atoms with E-state index >= 15 is 0 Å². The number of carboxylic acids is 1. The van der Waals surface area contributed by atoms with Gasteiger partial charge in [0.25, 0.3) is 0 Å². The van der Waals surface area contributed by atoms with Crippen molar-refractivity contribution in [2.45, 2.75) is 50.0 Å². The summed E-state index contributed by atoms with van der Waals surface area (Å²) in [7, 11) is 1.63. The number of methoxy groups -OCH3 is 1. The largest absolute Gasteiger partial charge is 0.493 e. The van der Waals surface area contributed by atoms with E-state index in [4.69, 9.17) is 14.6 Å². The summed E-state index contributed by atoms with van der Waals surface area (Å²) in [4.78, 5) is 11.0. The van der Waals surface area contributed by atoms with Crippen LogP contribution in [0.25, 0.3) is 0 Å². The van der Waals surface area contributed by atoms with Crippen molar-refractivity contribution in [1.82, 2.24) is 0 Å². The Labute approximate surface area is 118 Å². The number of carbonyl (C=O) groups is 1. The highest BCUT2D eigenvalue weighted by Gasteiger charge is 2.46. The first kappa shape index (κ1) is 13.3. The van der Waals surface area contributed by atoms with Crippen LogP contribution in [0.3, 0.4) is 0 Å². The molecule has 1 aromatic carbocycles. The highest BCUT2D eigenvalue weighted by molar-refractivity contribution is 5.70. The molecule has 4 heteroatoms. The minimum Gasteiger partial charge on any atom is -0.493 e. The van der Waals surface area contributed by atoms with Crippen molar-refractivity contribution in [2.24, 2.45) is 0 Å². The minimum atomic E-state index is -0.740. The van der Waals surface area contributed by atoms with Gasteiger partial charge in [0.1, 0.15) is 0 Å². The van der Waals surface area contributed by atoms with Crippen LogP contribution in [-0.4, -0.2) is 24.3 Å². The topological polar surface area (TPSA) is 55.8 Å². The summed E-state index contributed by atoms with van der Waals surface area (Å²) in [6.45, 7) is 0. The van der Waals surface area contributed by atoms with Gasteiger partial charge < -0.3 is 14.6 Å². The van der Waals surface area contributed by atoms with Crippen LogP contribution >= 0.6 is 0 Å². The maximum atomic E-state index is 11.0. The van der Waals surface area contributed by atoms with E-state index in [1.165, 1.54) is 6.42 Å². The Morgan fingerprint density at radius 1 is 1.35 bits per heavy atom. The molecule has 0 heterocycles. The highest BCUT2D eigenvalue weighted by Crippen LogP contribution is 2.52. The molecule has 20 heavy (non-hydrogen) atoms. The van der Waals surface area contributed by atoms with Crippen LogP contribution in [0.1, 0.15) is 44.1 Å². The van der Waals surface area contributed by atoms with Gasteiger partial charge in [0.05, 0.1) is 19.6 Å². The third-order valence-electron chi connectivity index (χ3n) is 4.46. The minimum absolute atomic E-state index is 0.186. The smallest absolute Gasteiger partial charge is 0.304 e. The van der Waals surface area contributed by atoms with E-state index in [0.29, 0.717) is 11.9 Å². The molecule has 2 aliphatic rings. The fraction of sp³-hybridized carbons (Fsp3) is 0.562. The lowest BCUT2D eigenvalue weighted by molar-refractivity contribution is -0.137. The fourth-order valence-electron chi connectivity index (χ4n) is 2.77. The van der Waals surface area contributed by atoms with Gasteiger partial charge in [-0.15, -0.1) is 0 Å². The summed E-state index contributed by atoms with van der Waals surface area (Å²) >= 11 is 0. The van der Waals surface area contributed by atoms with E-state index < -0.39 is 5.97 Å². The number of hydrogen-bond acceptors (Lipinski definition) is 3. The first-order valence-corrected chi connectivity index (χ1v) is 7.20. The van der Waals surface area contributed by atoms with Gasteiger partial charge in [-0.2, -0.15) is 0 Å². The van der Waals surface area contributed by atoms with Crippen LogP contribution in [0.2, 0.25) is 0 Å². The predicted octanol–water partition coefficient (Wildman–Crippen LogP) is 3.13. The summed E-state index contributed by atoms with van der Waals surface area (Å²) < 4.78 is 11.3. The predicted molar refractivity (Wildman–Crippen MR) is 74.4 cm³/mol. The molecule has 108 valence electrons. The standard InChI is InChI=1S/C16H20O4/c1-19-14-9-11(16(7-8-16)10-15(17)18)5-6-13(14)20-12-3-2-4-12/h5-6,9,12H,2-4,7-8,10H2,1H3,(H,17,18). The van der Waals surface area contributed by atoms with Crippen LogP contribution < -0.4 is 9.47 Å². The molecule has 0 saturated heterocycles. The number of carboxylic acid groups (broad SMARTS) is 1. The Morgan fingerprint density at radius 3 is 2.60 bits per heavy atom. The summed E-state index contributed by atoms with van der Waals surface area (Å²) in [5.74, 6) is 0.745. The zero-order chi connectivity index (χ0) is 14.2. The van der Waals surface area contributed by atoms with Crippen LogP contribution in [-0.2, 0) is 10.2 Å². The molecular formula is C16H20O4. The molecule has 0 aliphatic heterocycles. The number of hydrogen-bond donors (Lipinski definition) is 1. The van der Waals surface area contributed by atoms with Gasteiger partial charge in [-0.25, -0.2) is 0 Å². The van der Waals surface area contributed by atoms with Gasteiger partial charge in [-0.05, 0) is 49.8 Å². The molecule has 2 aliphatic carbocycles. The molecule has 0 atom stereocenters. The summed E-state index contributed by atoms with van der Waals surface area (Å²) in [5.41, 5.74) is 0.867. The summed E-state index contributed by atoms with van der Waals surface area (Å²) in [5, 5.41) is 9.03. The van der Waals surface area contributed by atoms with Crippen LogP contribution in [0.5, 0.6) is 11.5 Å². The maximum Gasteiger partial charge on any atom is 0.304 e. The lowest BCUT2D eigenvalue weighted by Crippen LogP contribution is -2.24. The first-order valence-electron chi connectivity index (χ1n) is 7.20. The second-order valence-electron chi connectivity index (χ2n) is 5.89. The lowest BCUT2D eigenvalue weighted by Gasteiger charge is -2.27. The van der Waals surface area contributed by atoms with E-state index in [1.807, 2.05) is 18.2 Å². The first-order chi connectivity index (χ1) is 9.63. The van der Waals surface area contributed by atoms with Crippen molar-refractivity contribution in [2.75, 3.05) is 7.11 Å². The van der Waals surface area contributed by atoms with Crippen molar-refractivity contribution < 1.29 is 19.4 Å². The Kier molecular flexibility index (Phi) is 3.32. The molecule has 2 fully saturated rings. The van der Waals surface area contributed by atoms with E-state index in [-0.39, 0.29) is 11.8 Å². The molecule has 0 spiro atoms. The Hall–Kier alpha value is -1.71. The molecular weight excluding hydrogens is 256 g/mol. The van der Waals surface area contributed by atoms with Gasteiger partial charge >= 0.3 is 5.97 Å². The second-order valence-corrected chi connectivity index (χ2v) is 5.89. The summed E-state index contributed by atoms with van der Waals surface area (Å²) in [6, 6.07) is 5.87. The molecule has 4 nitrogen and oxygen atoms in total. The maximum absolute atomic E-state index is 11.0. The van der Waals surface area contributed by atoms with Gasteiger partial charge in [0.2, 0.25) is 0 Å². The zero-order valence-corrected chi connectivity index (χ0v) is 11.7. The SMILES string of the molecule is COc1cc(C2(CC(=O)O)CC2)ccc1OC1CCC1. The molecule has 3 rings (SSSR count). The van der Waals surface area contributed by atoms with E-state index in [0.717, 1.165) is 37.0 Å². The Bertz CT molecular complexity index is 515. The Morgan fingerprint density at radius 2 is 2.10 bits per heavy atom. The van der Waals surface area contributed by atoms with E-state index in [1.54, 1.807) is 7.11 Å². The van der Waals surface area contributed by atoms with Gasteiger partial charge in [0, 0.05) is 5.41 Å². The van der Waals surface area contributed by atoms with Crippen molar-refractivity contribution in [1.29, 1.82) is 0 Å². The van der Waals surface area contributed by atoms with Crippen molar-refractivity contribution in [3.63, 3.8) is 0 Å². The Balaban J connectivity index is 1.81. The number of ether oxygens (including phenoxy) is 2. The summed E-state index contributed by atoms with van der Waals surface area (Å²) in [6.07, 6.45) is 5.81. The number of aliphatic carboxylic acids is 1. The molecule has 0 bridgehead atoms. The normalized spacial score (nSPS) is 20.1. The molecule has 0 unspecified atom stereocenters. The molecule has 2 saturated carbocycles. The van der Waals surface area contributed by atoms with Gasteiger partial charge in [-0.3, -0.25) is 4.79 Å². The van der Waals surface area contributed by atoms with Crippen LogP contribution in [0.15, 0.2) is 18.2 Å².